The number of anilines is 1. The van der Waals surface area contributed by atoms with E-state index in [2.05, 4.69) is 5.32 Å². The number of para-hydroxylation sites is 2. The molecule has 20 heavy (non-hydrogen) atoms. The minimum absolute atomic E-state index is 0.123. The fourth-order valence-corrected chi connectivity index (χ4v) is 1.62. The lowest BCUT2D eigenvalue weighted by Gasteiger charge is -2.14. The first-order chi connectivity index (χ1) is 9.54. The zero-order valence-corrected chi connectivity index (χ0v) is 11.6. The predicted molar refractivity (Wildman–Crippen MR) is 77.3 cm³/mol. The quantitative estimate of drug-likeness (QED) is 0.660. The van der Waals surface area contributed by atoms with Crippen LogP contribution in [0.15, 0.2) is 24.3 Å². The fourth-order valence-electron chi connectivity index (χ4n) is 1.62. The van der Waals surface area contributed by atoms with Crippen LogP contribution in [0.2, 0.25) is 0 Å². The van der Waals surface area contributed by atoms with Crippen LogP contribution in [0.25, 0.3) is 0 Å². The Bertz CT molecular complexity index is 463. The van der Waals surface area contributed by atoms with Crippen LogP contribution in [0.1, 0.15) is 26.2 Å². The van der Waals surface area contributed by atoms with Gasteiger partial charge in [0.25, 0.3) is 0 Å². The van der Waals surface area contributed by atoms with Crippen molar-refractivity contribution in [1.82, 2.24) is 0 Å². The van der Waals surface area contributed by atoms with Crippen molar-refractivity contribution in [3.63, 3.8) is 0 Å². The number of hydrogen-bond acceptors (Lipinski definition) is 4. The average molecular weight is 279 g/mol. The zero-order chi connectivity index (χ0) is 15.0. The second-order valence-electron chi connectivity index (χ2n) is 4.45. The summed E-state index contributed by atoms with van der Waals surface area (Å²) >= 11 is 0. The topological polar surface area (TPSA) is 107 Å². The lowest BCUT2D eigenvalue weighted by Crippen LogP contribution is -2.35. The number of carbonyl (C=O) groups is 2. The number of carbonyl (C=O) groups excluding carboxylic acids is 2. The molecular weight excluding hydrogens is 258 g/mol. The maximum atomic E-state index is 11.9. The third-order valence-corrected chi connectivity index (χ3v) is 2.69. The molecule has 1 aromatic carbocycles. The molecule has 0 saturated carbocycles. The van der Waals surface area contributed by atoms with Crippen LogP contribution in [-0.2, 0) is 9.59 Å². The number of primary amides is 1. The molecule has 1 atom stereocenters. The van der Waals surface area contributed by atoms with Gasteiger partial charge in [0.1, 0.15) is 5.75 Å². The van der Waals surface area contributed by atoms with E-state index in [4.69, 9.17) is 16.2 Å². The van der Waals surface area contributed by atoms with E-state index < -0.39 is 11.9 Å². The van der Waals surface area contributed by atoms with Crippen LogP contribution in [0.4, 0.5) is 5.69 Å². The van der Waals surface area contributed by atoms with Gasteiger partial charge in [-0.25, -0.2) is 0 Å². The minimum Gasteiger partial charge on any atom is -0.491 e. The average Bonchev–Trinajstić information content (AvgIpc) is 2.40. The van der Waals surface area contributed by atoms with E-state index >= 15 is 0 Å². The molecule has 0 aliphatic heterocycles. The van der Waals surface area contributed by atoms with Crippen molar-refractivity contribution < 1.29 is 14.3 Å². The summed E-state index contributed by atoms with van der Waals surface area (Å²) in [7, 11) is 0. The second-order valence-corrected chi connectivity index (χ2v) is 4.45. The molecule has 6 nitrogen and oxygen atoms in total. The summed E-state index contributed by atoms with van der Waals surface area (Å²) in [5, 5.41) is 2.73. The molecule has 0 radical (unpaired) electrons. The van der Waals surface area contributed by atoms with Gasteiger partial charge in [-0.1, -0.05) is 25.5 Å². The smallest absolute Gasteiger partial charge is 0.241 e. The van der Waals surface area contributed by atoms with E-state index in [1.807, 2.05) is 6.92 Å². The van der Waals surface area contributed by atoms with E-state index in [0.29, 0.717) is 17.9 Å². The van der Waals surface area contributed by atoms with Crippen LogP contribution in [0.5, 0.6) is 5.75 Å². The summed E-state index contributed by atoms with van der Waals surface area (Å²) in [6, 6.07) is 6.44. The first-order valence-corrected chi connectivity index (χ1v) is 6.61. The molecule has 1 unspecified atom stereocenters. The summed E-state index contributed by atoms with van der Waals surface area (Å²) in [6.07, 6.45) is 1.58. The molecule has 0 heterocycles. The van der Waals surface area contributed by atoms with Crippen molar-refractivity contribution >= 4 is 17.5 Å². The van der Waals surface area contributed by atoms with Gasteiger partial charge in [0.15, 0.2) is 0 Å². The molecular formula is C14H21N3O3. The highest BCUT2D eigenvalue weighted by molar-refractivity contribution is 5.95. The molecule has 0 bridgehead atoms. The van der Waals surface area contributed by atoms with Gasteiger partial charge in [-0.05, 0) is 18.6 Å². The molecule has 0 aliphatic carbocycles. The van der Waals surface area contributed by atoms with E-state index in [0.717, 1.165) is 6.42 Å². The number of nitrogens with two attached hydrogens (primary N) is 2. The lowest BCUT2D eigenvalue weighted by atomic mass is 10.1. The van der Waals surface area contributed by atoms with E-state index in [1.165, 1.54) is 0 Å². The van der Waals surface area contributed by atoms with Gasteiger partial charge in [-0.15, -0.1) is 0 Å². The number of amides is 2. The Hall–Kier alpha value is -2.08. The monoisotopic (exact) mass is 279 g/mol. The maximum Gasteiger partial charge on any atom is 0.241 e. The molecule has 0 saturated heterocycles. The van der Waals surface area contributed by atoms with Crippen LogP contribution in [-0.4, -0.2) is 24.5 Å². The molecule has 110 valence electrons. The van der Waals surface area contributed by atoms with Crippen molar-refractivity contribution in [1.29, 1.82) is 0 Å². The van der Waals surface area contributed by atoms with E-state index in [1.54, 1.807) is 24.3 Å². The molecule has 0 spiro atoms. The molecule has 2 amide bonds. The molecule has 0 aliphatic rings. The van der Waals surface area contributed by atoms with Crippen LogP contribution >= 0.6 is 0 Å². The Morgan fingerprint density at radius 3 is 2.70 bits per heavy atom. The first kappa shape index (κ1) is 16.0. The standard InChI is InChI=1S/C14H21N3O3/c1-2-5-10(15)14(19)17-11-6-3-4-7-12(11)20-9-8-13(16)18/h3-4,6-7,10H,2,5,8-9,15H2,1H3,(H2,16,18)(H,17,19). The fraction of sp³-hybridized carbons (Fsp3) is 0.429. The van der Waals surface area contributed by atoms with Gasteiger partial charge in [0.2, 0.25) is 11.8 Å². The third-order valence-electron chi connectivity index (χ3n) is 2.69. The molecule has 1 aromatic rings. The Morgan fingerprint density at radius 1 is 1.35 bits per heavy atom. The largest absolute Gasteiger partial charge is 0.491 e. The summed E-state index contributed by atoms with van der Waals surface area (Å²) in [4.78, 5) is 22.5. The number of hydrogen-bond donors (Lipinski definition) is 3. The van der Waals surface area contributed by atoms with Crippen molar-refractivity contribution in [3.05, 3.63) is 24.3 Å². The summed E-state index contributed by atoms with van der Waals surface area (Å²) in [5.74, 6) is -0.194. The predicted octanol–water partition coefficient (Wildman–Crippen LogP) is 1.01. The SMILES string of the molecule is CCCC(N)C(=O)Nc1ccccc1OCCC(N)=O. The molecule has 0 aromatic heterocycles. The highest BCUT2D eigenvalue weighted by Crippen LogP contribution is 2.24. The summed E-state index contributed by atoms with van der Waals surface area (Å²) in [6.45, 7) is 2.14. The number of ether oxygens (including phenoxy) is 1. The van der Waals surface area contributed by atoms with E-state index in [9.17, 15) is 9.59 Å². The lowest BCUT2D eigenvalue weighted by molar-refractivity contribution is -0.119. The highest BCUT2D eigenvalue weighted by atomic mass is 16.5. The van der Waals surface area contributed by atoms with Crippen LogP contribution < -0.4 is 21.5 Å². The highest BCUT2D eigenvalue weighted by Gasteiger charge is 2.14. The normalized spacial score (nSPS) is 11.7. The van der Waals surface area contributed by atoms with Crippen LogP contribution in [0, 0.1) is 0 Å². The zero-order valence-electron chi connectivity index (χ0n) is 11.6. The van der Waals surface area contributed by atoms with Gasteiger partial charge >= 0.3 is 0 Å². The first-order valence-electron chi connectivity index (χ1n) is 6.61. The van der Waals surface area contributed by atoms with Gasteiger partial charge in [-0.3, -0.25) is 9.59 Å². The second kappa shape index (κ2) is 8.16. The molecule has 1 rings (SSSR count). The Morgan fingerprint density at radius 2 is 2.05 bits per heavy atom. The van der Waals surface area contributed by atoms with E-state index in [-0.39, 0.29) is 18.9 Å². The summed E-state index contributed by atoms with van der Waals surface area (Å²) < 4.78 is 5.43. The van der Waals surface area contributed by atoms with Crippen molar-refractivity contribution in [2.24, 2.45) is 11.5 Å². The van der Waals surface area contributed by atoms with Gasteiger partial charge in [0, 0.05) is 0 Å². The minimum atomic E-state index is -0.543. The van der Waals surface area contributed by atoms with Gasteiger partial charge < -0.3 is 21.5 Å². The maximum absolute atomic E-state index is 11.9. The molecule has 0 fully saturated rings. The Kier molecular flexibility index (Phi) is 6.52. The van der Waals surface area contributed by atoms with Gasteiger partial charge in [0.05, 0.1) is 24.8 Å². The number of benzene rings is 1. The van der Waals surface area contributed by atoms with Crippen molar-refractivity contribution in [2.45, 2.75) is 32.2 Å². The third kappa shape index (κ3) is 5.27. The van der Waals surface area contributed by atoms with Crippen molar-refractivity contribution in [2.75, 3.05) is 11.9 Å². The van der Waals surface area contributed by atoms with Crippen molar-refractivity contribution in [3.8, 4) is 5.75 Å². The summed E-state index contributed by atoms with van der Waals surface area (Å²) in [5.41, 5.74) is 11.3. The Balaban J connectivity index is 2.65. The molecule has 5 N–H and O–H groups in total. The van der Waals surface area contributed by atoms with Gasteiger partial charge in [-0.2, -0.15) is 0 Å². The van der Waals surface area contributed by atoms with Crippen LogP contribution in [0.3, 0.4) is 0 Å². The molecule has 6 heteroatoms. The number of nitrogens with one attached hydrogen (secondary N) is 1. The Labute approximate surface area is 118 Å². The number of rotatable bonds is 8.